The summed E-state index contributed by atoms with van der Waals surface area (Å²) in [5.74, 6) is 0.518. The smallest absolute Gasteiger partial charge is 0.305 e. The molecule has 0 bridgehead atoms. The number of amides is 2. The molecular weight excluding hydrogens is 504 g/mol. The van der Waals surface area contributed by atoms with Gasteiger partial charge in [-0.25, -0.2) is 4.99 Å². The highest BCUT2D eigenvalue weighted by Crippen LogP contribution is 2.29. The minimum absolute atomic E-state index is 0.0379. The maximum absolute atomic E-state index is 13.4. The van der Waals surface area contributed by atoms with Crippen LogP contribution in [0.2, 0.25) is 0 Å². The molecule has 0 spiro atoms. The summed E-state index contributed by atoms with van der Waals surface area (Å²) in [6.07, 6.45) is 6.81. The summed E-state index contributed by atoms with van der Waals surface area (Å²) in [5, 5.41) is 9.25. The van der Waals surface area contributed by atoms with Gasteiger partial charge in [0.05, 0.1) is 35.9 Å². The largest absolute Gasteiger partial charge is 0.494 e. The predicted octanol–water partition coefficient (Wildman–Crippen LogP) is 3.60. The van der Waals surface area contributed by atoms with Crippen molar-refractivity contribution in [1.82, 2.24) is 5.27 Å². The van der Waals surface area contributed by atoms with Crippen LogP contribution in [0, 0.1) is 0 Å². The summed E-state index contributed by atoms with van der Waals surface area (Å²) in [7, 11) is 0. The van der Waals surface area contributed by atoms with Gasteiger partial charge in [-0.15, -0.1) is 0 Å². The standard InChI is InChI=1S/C27H28N6O4S/c1-2-36-22-13-11-20(12-14-22)17-23-26(35)33(21-9-5-3-6-10-21)27(28-23)38-19-24(34)29-25-18-32(30-37-25)31-15-7-4-8-16-31/h3,5-6,9-14,17-18H,2,4,7-8,15-16,19H2,1H3/p+1/b23-17+. The lowest BCUT2D eigenvalue weighted by molar-refractivity contribution is -0.759. The zero-order valence-corrected chi connectivity index (χ0v) is 21.9. The van der Waals surface area contributed by atoms with Gasteiger partial charge >= 0.3 is 5.88 Å². The zero-order chi connectivity index (χ0) is 26.3. The van der Waals surface area contributed by atoms with Gasteiger partial charge in [-0.2, -0.15) is 5.01 Å². The number of hydrogen-bond acceptors (Lipinski definition) is 8. The molecule has 10 nitrogen and oxygen atoms in total. The summed E-state index contributed by atoms with van der Waals surface area (Å²) in [5.41, 5.74) is 1.79. The van der Waals surface area contributed by atoms with Crippen molar-refractivity contribution in [2.24, 2.45) is 4.99 Å². The number of rotatable bonds is 8. The Hall–Kier alpha value is -4.12. The molecule has 1 N–H and O–H groups in total. The van der Waals surface area contributed by atoms with E-state index in [0.717, 1.165) is 37.2 Å². The van der Waals surface area contributed by atoms with Crippen LogP contribution in [0.1, 0.15) is 31.7 Å². The van der Waals surface area contributed by atoms with Gasteiger partial charge in [-0.1, -0.05) is 42.1 Å². The maximum Gasteiger partial charge on any atom is 0.305 e. The third-order valence-corrected chi connectivity index (χ3v) is 6.95. The molecule has 0 aliphatic carbocycles. The van der Waals surface area contributed by atoms with Crippen LogP contribution in [-0.2, 0) is 9.59 Å². The van der Waals surface area contributed by atoms with E-state index in [0.29, 0.717) is 23.2 Å². The molecule has 5 rings (SSSR count). The highest BCUT2D eigenvalue weighted by atomic mass is 32.2. The van der Waals surface area contributed by atoms with Gasteiger partial charge in [0.15, 0.2) is 5.17 Å². The molecule has 2 amide bonds. The number of nitrogens with one attached hydrogen (secondary N) is 1. The fraction of sp³-hybridized carbons (Fsp3) is 0.296. The van der Waals surface area contributed by atoms with Gasteiger partial charge in [0.2, 0.25) is 11.2 Å². The molecule has 0 atom stereocenters. The lowest BCUT2D eigenvalue weighted by Crippen LogP contribution is -2.60. The Morgan fingerprint density at radius 3 is 2.63 bits per heavy atom. The average molecular weight is 534 g/mol. The summed E-state index contributed by atoms with van der Waals surface area (Å²) in [6, 6.07) is 16.7. The topological polar surface area (TPSA) is 104 Å². The average Bonchev–Trinajstić information content (AvgIpc) is 3.54. The summed E-state index contributed by atoms with van der Waals surface area (Å²) in [4.78, 5) is 33.8. The van der Waals surface area contributed by atoms with Crippen LogP contribution in [0.5, 0.6) is 5.75 Å². The number of amidine groups is 1. The fourth-order valence-corrected chi connectivity index (χ4v) is 5.01. The lowest BCUT2D eigenvalue weighted by Gasteiger charge is -2.17. The number of aromatic nitrogens is 2. The van der Waals surface area contributed by atoms with Crippen molar-refractivity contribution in [3.63, 3.8) is 0 Å². The number of piperidine rings is 1. The van der Waals surface area contributed by atoms with Crippen molar-refractivity contribution in [1.29, 1.82) is 0 Å². The first-order valence-electron chi connectivity index (χ1n) is 12.6. The van der Waals surface area contributed by atoms with E-state index in [9.17, 15) is 9.59 Å². The van der Waals surface area contributed by atoms with Crippen LogP contribution in [0.25, 0.3) is 6.08 Å². The van der Waals surface area contributed by atoms with E-state index in [4.69, 9.17) is 9.26 Å². The van der Waals surface area contributed by atoms with Gasteiger partial charge in [0.25, 0.3) is 12.1 Å². The first-order valence-corrected chi connectivity index (χ1v) is 13.6. The fourth-order valence-electron chi connectivity index (χ4n) is 4.19. The van der Waals surface area contributed by atoms with E-state index in [2.05, 4.69) is 20.6 Å². The molecule has 2 aliphatic rings. The Kier molecular flexibility index (Phi) is 8.03. The minimum atomic E-state index is -0.288. The Morgan fingerprint density at radius 1 is 1.13 bits per heavy atom. The van der Waals surface area contributed by atoms with Crippen molar-refractivity contribution < 1.29 is 23.6 Å². The molecule has 0 radical (unpaired) electrons. The summed E-state index contributed by atoms with van der Waals surface area (Å²) in [6.45, 7) is 4.31. The Morgan fingerprint density at radius 2 is 1.89 bits per heavy atom. The second-order valence-electron chi connectivity index (χ2n) is 8.74. The predicted molar refractivity (Wildman–Crippen MR) is 147 cm³/mol. The molecule has 11 heteroatoms. The SMILES string of the molecule is CCOc1ccc(/C=C2/N=C(SCC(=O)Nc3c[n+](N4CCCCC4)no3)N(c3ccccc3)C2=O)cc1. The van der Waals surface area contributed by atoms with Crippen LogP contribution in [-0.4, -0.2) is 47.7 Å². The summed E-state index contributed by atoms with van der Waals surface area (Å²) >= 11 is 1.18. The van der Waals surface area contributed by atoms with Crippen LogP contribution in [0.15, 0.2) is 76.0 Å². The first kappa shape index (κ1) is 25.5. The number of ether oxygens (including phenoxy) is 1. The maximum atomic E-state index is 13.4. The molecule has 1 saturated heterocycles. The number of nitrogens with zero attached hydrogens (tertiary/aromatic N) is 5. The minimum Gasteiger partial charge on any atom is -0.494 e. The van der Waals surface area contributed by atoms with Crippen LogP contribution < -0.4 is 24.8 Å². The summed E-state index contributed by atoms with van der Waals surface area (Å²) < 4.78 is 10.8. The third-order valence-electron chi connectivity index (χ3n) is 6.01. The van der Waals surface area contributed by atoms with E-state index in [1.165, 1.54) is 23.1 Å². The molecule has 1 fully saturated rings. The number of carbonyl (C=O) groups is 2. The second kappa shape index (κ2) is 12.0. The Balaban J connectivity index is 1.28. The van der Waals surface area contributed by atoms with Crippen molar-refractivity contribution in [3.05, 3.63) is 72.1 Å². The van der Waals surface area contributed by atoms with Gasteiger partial charge in [-0.3, -0.25) is 24.3 Å². The lowest BCUT2D eigenvalue weighted by atomic mass is 10.2. The van der Waals surface area contributed by atoms with Crippen LogP contribution >= 0.6 is 11.8 Å². The molecule has 196 valence electrons. The number of thioether (sulfide) groups is 1. The normalized spacial score (nSPS) is 16.6. The molecule has 2 aromatic carbocycles. The van der Waals surface area contributed by atoms with Gasteiger partial charge in [0.1, 0.15) is 11.4 Å². The van der Waals surface area contributed by atoms with Gasteiger partial charge < -0.3 is 4.74 Å². The molecule has 2 aliphatic heterocycles. The van der Waals surface area contributed by atoms with E-state index >= 15 is 0 Å². The Bertz CT molecular complexity index is 1330. The third kappa shape index (κ3) is 6.05. The van der Waals surface area contributed by atoms with E-state index < -0.39 is 0 Å². The second-order valence-corrected chi connectivity index (χ2v) is 9.68. The Labute approximate surface area is 224 Å². The van der Waals surface area contributed by atoms with Gasteiger partial charge in [0, 0.05) is 0 Å². The number of benzene rings is 2. The number of carbonyl (C=O) groups excluding carboxylic acids is 2. The molecule has 0 unspecified atom stereocenters. The van der Waals surface area contributed by atoms with E-state index in [1.807, 2.05) is 61.5 Å². The number of aliphatic imine (C=N–C) groups is 1. The highest BCUT2D eigenvalue weighted by molar-refractivity contribution is 8.14. The molecule has 38 heavy (non-hydrogen) atoms. The van der Waals surface area contributed by atoms with Crippen LogP contribution in [0.4, 0.5) is 11.6 Å². The van der Waals surface area contributed by atoms with Gasteiger partial charge in [-0.05, 0) is 62.1 Å². The van der Waals surface area contributed by atoms with E-state index in [-0.39, 0.29) is 23.5 Å². The molecular formula is C27H29N6O4S+. The number of hydrogen-bond donors (Lipinski definition) is 1. The van der Waals surface area contributed by atoms with Crippen LogP contribution in [0.3, 0.4) is 0 Å². The van der Waals surface area contributed by atoms with Crippen molar-refractivity contribution in [3.8, 4) is 5.75 Å². The highest BCUT2D eigenvalue weighted by Gasteiger charge is 2.32. The van der Waals surface area contributed by atoms with Crippen molar-refractivity contribution >= 4 is 46.4 Å². The molecule has 1 aromatic heterocycles. The van der Waals surface area contributed by atoms with E-state index in [1.54, 1.807) is 17.1 Å². The number of para-hydroxylation sites is 1. The monoisotopic (exact) mass is 533 g/mol. The van der Waals surface area contributed by atoms with Crippen molar-refractivity contribution in [2.45, 2.75) is 26.2 Å². The quantitative estimate of drug-likeness (QED) is 0.349. The molecule has 0 saturated carbocycles. The van der Waals surface area contributed by atoms with Crippen molar-refractivity contribution in [2.75, 3.05) is 40.7 Å². The first-order chi connectivity index (χ1) is 18.6. The molecule has 3 heterocycles. The number of anilines is 2. The molecule has 3 aromatic rings. The zero-order valence-electron chi connectivity index (χ0n) is 21.1.